The third-order valence-electron chi connectivity index (χ3n) is 3.35. The summed E-state index contributed by atoms with van der Waals surface area (Å²) in [7, 11) is 0. The summed E-state index contributed by atoms with van der Waals surface area (Å²) in [6, 6.07) is 13.0. The van der Waals surface area contributed by atoms with Crippen LogP contribution in [0.4, 0.5) is 0 Å². The second-order valence-corrected chi connectivity index (χ2v) is 5.50. The number of nitrogens with one attached hydrogen (secondary N) is 1. The molecule has 114 valence electrons. The van der Waals surface area contributed by atoms with Crippen molar-refractivity contribution in [3.8, 4) is 11.5 Å². The van der Waals surface area contributed by atoms with Gasteiger partial charge in [-0.05, 0) is 35.4 Å². The lowest BCUT2D eigenvalue weighted by atomic mass is 10.1. The molecule has 0 saturated carbocycles. The van der Waals surface area contributed by atoms with Gasteiger partial charge in [0.05, 0.1) is 6.42 Å². The molecule has 4 nitrogen and oxygen atoms in total. The monoisotopic (exact) mass is 317 g/mol. The number of amides is 1. The number of halogens is 1. The first kappa shape index (κ1) is 14.7. The molecule has 3 rings (SSSR count). The number of hydrogen-bond donors (Lipinski definition) is 1. The smallest absolute Gasteiger partial charge is 0.224 e. The van der Waals surface area contributed by atoms with Gasteiger partial charge in [0.1, 0.15) is 13.2 Å². The Morgan fingerprint density at radius 2 is 1.86 bits per heavy atom. The first-order valence-electron chi connectivity index (χ1n) is 7.10. The van der Waals surface area contributed by atoms with Crippen molar-refractivity contribution < 1.29 is 14.3 Å². The fourth-order valence-electron chi connectivity index (χ4n) is 2.29. The van der Waals surface area contributed by atoms with Gasteiger partial charge < -0.3 is 14.8 Å². The van der Waals surface area contributed by atoms with Crippen LogP contribution in [0, 0.1) is 0 Å². The number of benzene rings is 2. The van der Waals surface area contributed by atoms with E-state index < -0.39 is 0 Å². The van der Waals surface area contributed by atoms with Gasteiger partial charge in [0.15, 0.2) is 11.5 Å². The normalized spacial score (nSPS) is 12.8. The van der Waals surface area contributed by atoms with Gasteiger partial charge in [-0.1, -0.05) is 29.8 Å². The molecule has 1 aliphatic rings. The van der Waals surface area contributed by atoms with Crippen LogP contribution >= 0.6 is 11.6 Å². The molecule has 0 unspecified atom stereocenters. The maximum absolute atomic E-state index is 12.0. The highest BCUT2D eigenvalue weighted by molar-refractivity contribution is 6.30. The second kappa shape index (κ2) is 6.71. The summed E-state index contributed by atoms with van der Waals surface area (Å²) >= 11 is 5.91. The molecule has 1 heterocycles. The molecule has 0 aromatic heterocycles. The number of rotatable bonds is 4. The van der Waals surface area contributed by atoms with Crippen LogP contribution in [0.15, 0.2) is 42.5 Å². The summed E-state index contributed by atoms with van der Waals surface area (Å²) in [5.41, 5.74) is 1.87. The van der Waals surface area contributed by atoms with Crippen molar-refractivity contribution in [2.75, 3.05) is 13.2 Å². The van der Waals surface area contributed by atoms with E-state index in [4.69, 9.17) is 21.1 Å². The van der Waals surface area contributed by atoms with E-state index in [1.807, 2.05) is 30.3 Å². The lowest BCUT2D eigenvalue weighted by Crippen LogP contribution is -2.24. The fourth-order valence-corrected chi connectivity index (χ4v) is 2.51. The molecule has 1 aliphatic heterocycles. The Balaban J connectivity index is 1.57. The molecule has 0 bridgehead atoms. The number of ether oxygens (including phenoxy) is 2. The average molecular weight is 318 g/mol. The van der Waals surface area contributed by atoms with Gasteiger partial charge >= 0.3 is 0 Å². The van der Waals surface area contributed by atoms with Crippen LogP contribution < -0.4 is 14.8 Å². The zero-order valence-electron chi connectivity index (χ0n) is 12.0. The van der Waals surface area contributed by atoms with Crippen molar-refractivity contribution in [1.82, 2.24) is 5.32 Å². The summed E-state index contributed by atoms with van der Waals surface area (Å²) in [6.45, 7) is 1.58. The molecule has 2 aromatic carbocycles. The predicted octanol–water partition coefficient (Wildman–Crippen LogP) is 2.97. The highest BCUT2D eigenvalue weighted by Gasteiger charge is 2.12. The van der Waals surface area contributed by atoms with Gasteiger partial charge in [0, 0.05) is 11.6 Å². The van der Waals surface area contributed by atoms with Crippen molar-refractivity contribution in [2.24, 2.45) is 0 Å². The summed E-state index contributed by atoms with van der Waals surface area (Å²) in [6.07, 6.45) is 0.311. The van der Waals surface area contributed by atoms with E-state index in [1.54, 1.807) is 12.1 Å². The van der Waals surface area contributed by atoms with Crippen molar-refractivity contribution in [2.45, 2.75) is 13.0 Å². The second-order valence-electron chi connectivity index (χ2n) is 5.06. The van der Waals surface area contributed by atoms with Crippen LogP contribution in [0.1, 0.15) is 11.1 Å². The summed E-state index contributed by atoms with van der Waals surface area (Å²) in [4.78, 5) is 12.0. The Morgan fingerprint density at radius 3 is 2.68 bits per heavy atom. The van der Waals surface area contributed by atoms with E-state index in [9.17, 15) is 4.79 Å². The number of hydrogen-bond acceptors (Lipinski definition) is 3. The maximum atomic E-state index is 12.0. The number of carbonyl (C=O) groups excluding carboxylic acids is 1. The van der Waals surface area contributed by atoms with Gasteiger partial charge in [0.25, 0.3) is 0 Å². The Bertz CT molecular complexity index is 687. The predicted molar refractivity (Wildman–Crippen MR) is 84.4 cm³/mol. The number of fused-ring (bicyclic) bond motifs is 1. The molecule has 5 heteroatoms. The summed E-state index contributed by atoms with van der Waals surface area (Å²) in [5, 5.41) is 3.53. The molecule has 0 atom stereocenters. The van der Waals surface area contributed by atoms with Gasteiger partial charge in [-0.25, -0.2) is 0 Å². The molecule has 0 spiro atoms. The van der Waals surface area contributed by atoms with Crippen LogP contribution in [0.5, 0.6) is 11.5 Å². The molecule has 0 fully saturated rings. The molecule has 1 N–H and O–H groups in total. The van der Waals surface area contributed by atoms with E-state index in [0.29, 0.717) is 31.2 Å². The highest BCUT2D eigenvalue weighted by atomic mass is 35.5. The van der Waals surface area contributed by atoms with E-state index in [2.05, 4.69) is 5.32 Å². The first-order valence-corrected chi connectivity index (χ1v) is 7.48. The molecular weight excluding hydrogens is 302 g/mol. The van der Waals surface area contributed by atoms with Crippen molar-refractivity contribution in [3.05, 3.63) is 58.6 Å². The average Bonchev–Trinajstić information content (AvgIpc) is 2.53. The van der Waals surface area contributed by atoms with Crippen molar-refractivity contribution in [3.63, 3.8) is 0 Å². The first-order chi connectivity index (χ1) is 10.7. The lowest BCUT2D eigenvalue weighted by molar-refractivity contribution is -0.120. The largest absolute Gasteiger partial charge is 0.486 e. The van der Waals surface area contributed by atoms with Gasteiger partial charge in [-0.15, -0.1) is 0 Å². The minimum Gasteiger partial charge on any atom is -0.486 e. The van der Waals surface area contributed by atoms with Crippen LogP contribution in [-0.2, 0) is 17.8 Å². The molecule has 0 saturated heterocycles. The highest BCUT2D eigenvalue weighted by Crippen LogP contribution is 2.30. The van der Waals surface area contributed by atoms with Gasteiger partial charge in [0.2, 0.25) is 5.91 Å². The van der Waals surface area contributed by atoms with E-state index in [-0.39, 0.29) is 5.91 Å². The Kier molecular flexibility index (Phi) is 4.49. The third-order valence-corrected chi connectivity index (χ3v) is 3.59. The minimum absolute atomic E-state index is 0.0443. The molecule has 22 heavy (non-hydrogen) atoms. The quantitative estimate of drug-likeness (QED) is 0.943. The zero-order chi connectivity index (χ0) is 15.4. The molecule has 2 aromatic rings. The van der Waals surface area contributed by atoms with Gasteiger partial charge in [-0.3, -0.25) is 4.79 Å². The minimum atomic E-state index is -0.0443. The molecular formula is C17H16ClNO3. The van der Waals surface area contributed by atoms with Crippen LogP contribution in [0.25, 0.3) is 0 Å². The zero-order valence-corrected chi connectivity index (χ0v) is 12.7. The summed E-state index contributed by atoms with van der Waals surface area (Å²) in [5.74, 6) is 1.44. The topological polar surface area (TPSA) is 47.6 Å². The van der Waals surface area contributed by atoms with E-state index in [0.717, 1.165) is 22.6 Å². The standard InChI is InChI=1S/C17H16ClNO3/c18-14-3-1-2-12(8-14)10-17(20)19-11-13-4-5-15-16(9-13)22-7-6-21-15/h1-5,8-9H,6-7,10-11H2,(H,19,20). The fraction of sp³-hybridized carbons (Fsp3) is 0.235. The van der Waals surface area contributed by atoms with E-state index in [1.165, 1.54) is 0 Å². The van der Waals surface area contributed by atoms with E-state index >= 15 is 0 Å². The van der Waals surface area contributed by atoms with Crippen LogP contribution in [-0.4, -0.2) is 19.1 Å². The van der Waals surface area contributed by atoms with Crippen LogP contribution in [0.3, 0.4) is 0 Å². The van der Waals surface area contributed by atoms with Crippen molar-refractivity contribution >= 4 is 17.5 Å². The Morgan fingerprint density at radius 1 is 1.05 bits per heavy atom. The maximum Gasteiger partial charge on any atom is 0.224 e. The van der Waals surface area contributed by atoms with Crippen molar-refractivity contribution in [1.29, 1.82) is 0 Å². The molecule has 0 aliphatic carbocycles. The summed E-state index contributed by atoms with van der Waals surface area (Å²) < 4.78 is 11.0. The third kappa shape index (κ3) is 3.71. The molecule has 1 amide bonds. The Labute approximate surface area is 134 Å². The SMILES string of the molecule is O=C(Cc1cccc(Cl)c1)NCc1ccc2c(c1)OCCO2. The Hall–Kier alpha value is -2.20. The molecule has 0 radical (unpaired) electrons. The number of carbonyl (C=O) groups is 1. The van der Waals surface area contributed by atoms with Crippen LogP contribution in [0.2, 0.25) is 5.02 Å². The lowest BCUT2D eigenvalue weighted by Gasteiger charge is -2.19. The van der Waals surface area contributed by atoms with Gasteiger partial charge in [-0.2, -0.15) is 0 Å².